The van der Waals surface area contributed by atoms with Gasteiger partial charge in [0, 0.05) is 23.2 Å². The lowest BCUT2D eigenvalue weighted by Crippen LogP contribution is -2.40. The van der Waals surface area contributed by atoms with Gasteiger partial charge < -0.3 is 9.64 Å². The van der Waals surface area contributed by atoms with E-state index in [9.17, 15) is 0 Å². The minimum Gasteiger partial charge on any atom is -0.377 e. The predicted octanol–water partition coefficient (Wildman–Crippen LogP) is 2.86. The number of aromatic nitrogens is 4. The van der Waals surface area contributed by atoms with Crippen molar-refractivity contribution in [1.82, 2.24) is 20.2 Å². The number of ether oxygens (including phenoxy) is 1. The molecule has 1 aliphatic rings. The lowest BCUT2D eigenvalue weighted by molar-refractivity contribution is 0.0935. The molecule has 6 heteroatoms. The van der Waals surface area contributed by atoms with E-state index in [0.717, 1.165) is 34.7 Å². The Morgan fingerprint density at radius 2 is 2.08 bits per heavy atom. The van der Waals surface area contributed by atoms with Crippen molar-refractivity contribution < 1.29 is 4.74 Å². The summed E-state index contributed by atoms with van der Waals surface area (Å²) < 4.78 is 5.78. The summed E-state index contributed by atoms with van der Waals surface area (Å²) in [5.74, 6) is 0.969. The largest absolute Gasteiger partial charge is 0.377 e. The Morgan fingerprint density at radius 3 is 2.88 bits per heavy atom. The Balaban J connectivity index is 1.86. The first-order valence-corrected chi connectivity index (χ1v) is 8.22. The summed E-state index contributed by atoms with van der Waals surface area (Å²) in [5, 5.41) is 8.53. The van der Waals surface area contributed by atoms with Gasteiger partial charge in [-0.05, 0) is 32.9 Å². The Hall–Kier alpha value is -2.47. The van der Waals surface area contributed by atoms with Gasteiger partial charge in [-0.15, -0.1) is 0 Å². The van der Waals surface area contributed by atoms with Crippen molar-refractivity contribution in [3.8, 4) is 0 Å². The first-order chi connectivity index (χ1) is 11.6. The van der Waals surface area contributed by atoms with Crippen LogP contribution >= 0.6 is 0 Å². The molecule has 3 aromatic rings. The van der Waals surface area contributed by atoms with Crippen LogP contribution < -0.4 is 4.90 Å². The van der Waals surface area contributed by atoms with E-state index in [0.29, 0.717) is 13.2 Å². The number of aryl methyl sites for hydroxylation is 3. The average molecular weight is 323 g/mol. The molecule has 0 spiro atoms. The molecule has 0 bridgehead atoms. The molecule has 24 heavy (non-hydrogen) atoms. The van der Waals surface area contributed by atoms with Gasteiger partial charge in [0.05, 0.1) is 30.5 Å². The predicted molar refractivity (Wildman–Crippen MR) is 93.2 cm³/mol. The molecule has 0 unspecified atom stereocenters. The molecule has 6 nitrogen and oxygen atoms in total. The number of rotatable bonds is 2. The summed E-state index contributed by atoms with van der Waals surface area (Å²) in [6.07, 6.45) is 1.65. The van der Waals surface area contributed by atoms with Crippen LogP contribution in [0, 0.1) is 20.8 Å². The number of hydrogen-bond acceptors (Lipinski definition) is 5. The molecule has 1 aliphatic heterocycles. The second-order valence-corrected chi connectivity index (χ2v) is 6.35. The number of fused-ring (bicyclic) bond motifs is 1. The number of hydrogen-bond donors (Lipinski definition) is 1. The van der Waals surface area contributed by atoms with Gasteiger partial charge in [-0.1, -0.05) is 11.6 Å². The van der Waals surface area contributed by atoms with E-state index in [2.05, 4.69) is 57.1 Å². The third-order valence-electron chi connectivity index (χ3n) is 4.69. The van der Waals surface area contributed by atoms with E-state index in [-0.39, 0.29) is 6.04 Å². The van der Waals surface area contributed by atoms with Crippen molar-refractivity contribution in [3.05, 3.63) is 47.0 Å². The number of H-pyrrole nitrogens is 1. The fraction of sp³-hybridized carbons (Fsp3) is 0.389. The van der Waals surface area contributed by atoms with Gasteiger partial charge in [0.1, 0.15) is 12.1 Å². The van der Waals surface area contributed by atoms with Gasteiger partial charge in [0.25, 0.3) is 0 Å². The second-order valence-electron chi connectivity index (χ2n) is 6.35. The van der Waals surface area contributed by atoms with Gasteiger partial charge in [0.2, 0.25) is 0 Å². The molecule has 0 radical (unpaired) electrons. The fourth-order valence-electron chi connectivity index (χ4n) is 3.53. The van der Waals surface area contributed by atoms with Gasteiger partial charge in [-0.2, -0.15) is 5.10 Å². The van der Waals surface area contributed by atoms with Gasteiger partial charge in [-0.25, -0.2) is 9.97 Å². The lowest BCUT2D eigenvalue weighted by atomic mass is 10.0. The zero-order valence-corrected chi connectivity index (χ0v) is 14.2. The van der Waals surface area contributed by atoms with Crippen molar-refractivity contribution in [2.45, 2.75) is 26.8 Å². The van der Waals surface area contributed by atoms with E-state index in [1.807, 2.05) is 6.92 Å². The molecule has 1 N–H and O–H groups in total. The molecule has 4 rings (SSSR count). The second kappa shape index (κ2) is 5.87. The molecule has 1 aromatic carbocycles. The summed E-state index contributed by atoms with van der Waals surface area (Å²) in [4.78, 5) is 11.4. The number of benzene rings is 1. The van der Waals surface area contributed by atoms with Crippen molar-refractivity contribution >= 4 is 16.7 Å². The minimum absolute atomic E-state index is 0.108. The SMILES string of the molecule is Cc1ccc2ncnc(N3CCOC[C@H]3c3c(C)n[nH]c3C)c2c1. The smallest absolute Gasteiger partial charge is 0.140 e. The lowest BCUT2D eigenvalue weighted by Gasteiger charge is -2.37. The third-order valence-corrected chi connectivity index (χ3v) is 4.69. The maximum absolute atomic E-state index is 5.78. The highest BCUT2D eigenvalue weighted by Gasteiger charge is 2.30. The molecular formula is C18H21N5O. The van der Waals surface area contributed by atoms with Crippen LogP contribution in [0.15, 0.2) is 24.5 Å². The zero-order chi connectivity index (χ0) is 16.7. The number of nitrogens with one attached hydrogen (secondary N) is 1. The van der Waals surface area contributed by atoms with Crippen LogP contribution in [0.1, 0.15) is 28.6 Å². The number of aromatic amines is 1. The average Bonchev–Trinajstić information content (AvgIpc) is 2.93. The van der Waals surface area contributed by atoms with Crippen molar-refractivity contribution in [2.24, 2.45) is 0 Å². The van der Waals surface area contributed by atoms with E-state index in [1.54, 1.807) is 6.33 Å². The van der Waals surface area contributed by atoms with E-state index in [4.69, 9.17) is 4.74 Å². The normalized spacial score (nSPS) is 18.3. The standard InChI is InChI=1S/C18H21N5O/c1-11-4-5-15-14(8-11)18(20-10-19-15)23-6-7-24-9-16(23)17-12(2)21-22-13(17)3/h4-5,8,10,16H,6-7,9H2,1-3H3,(H,21,22)/t16-/m0/s1. The van der Waals surface area contributed by atoms with Crippen molar-refractivity contribution in [2.75, 3.05) is 24.7 Å². The van der Waals surface area contributed by atoms with Crippen molar-refractivity contribution in [3.63, 3.8) is 0 Å². The summed E-state index contributed by atoms with van der Waals surface area (Å²) in [5.41, 5.74) is 5.48. The van der Waals surface area contributed by atoms with E-state index in [1.165, 1.54) is 11.1 Å². The van der Waals surface area contributed by atoms with Crippen molar-refractivity contribution in [1.29, 1.82) is 0 Å². The Kier molecular flexibility index (Phi) is 3.69. The molecular weight excluding hydrogens is 302 g/mol. The van der Waals surface area contributed by atoms with Crippen LogP contribution in [-0.2, 0) is 4.74 Å². The third kappa shape index (κ3) is 2.43. The summed E-state index contributed by atoms with van der Waals surface area (Å²) in [7, 11) is 0. The molecule has 0 saturated carbocycles. The maximum Gasteiger partial charge on any atom is 0.140 e. The molecule has 1 saturated heterocycles. The molecule has 0 amide bonds. The number of morpholine rings is 1. The Bertz CT molecular complexity index is 869. The quantitative estimate of drug-likeness (QED) is 0.785. The highest BCUT2D eigenvalue weighted by molar-refractivity contribution is 5.90. The summed E-state index contributed by atoms with van der Waals surface area (Å²) >= 11 is 0. The molecule has 2 aromatic heterocycles. The topological polar surface area (TPSA) is 66.9 Å². The van der Waals surface area contributed by atoms with Crippen LogP contribution in [0.25, 0.3) is 10.9 Å². The summed E-state index contributed by atoms with van der Waals surface area (Å²) in [6.45, 7) is 8.33. The monoisotopic (exact) mass is 323 g/mol. The Labute approximate surface area is 140 Å². The maximum atomic E-state index is 5.78. The first kappa shape index (κ1) is 15.1. The molecule has 0 aliphatic carbocycles. The van der Waals surface area contributed by atoms with Gasteiger partial charge in [0.15, 0.2) is 0 Å². The zero-order valence-electron chi connectivity index (χ0n) is 14.2. The highest BCUT2D eigenvalue weighted by Crippen LogP contribution is 2.34. The van der Waals surface area contributed by atoms with E-state index < -0.39 is 0 Å². The summed E-state index contributed by atoms with van der Waals surface area (Å²) in [6, 6.07) is 6.41. The van der Waals surface area contributed by atoms with Crippen LogP contribution in [0.4, 0.5) is 5.82 Å². The van der Waals surface area contributed by atoms with Gasteiger partial charge in [-0.3, -0.25) is 5.10 Å². The molecule has 1 fully saturated rings. The molecule has 3 heterocycles. The van der Waals surface area contributed by atoms with Crippen LogP contribution in [0.2, 0.25) is 0 Å². The fourth-order valence-corrected chi connectivity index (χ4v) is 3.53. The Morgan fingerprint density at radius 1 is 1.21 bits per heavy atom. The van der Waals surface area contributed by atoms with Gasteiger partial charge >= 0.3 is 0 Å². The van der Waals surface area contributed by atoms with E-state index >= 15 is 0 Å². The van der Waals surface area contributed by atoms with Crippen LogP contribution in [-0.4, -0.2) is 39.9 Å². The highest BCUT2D eigenvalue weighted by atomic mass is 16.5. The van der Waals surface area contributed by atoms with Crippen LogP contribution in [0.3, 0.4) is 0 Å². The minimum atomic E-state index is 0.108. The molecule has 1 atom stereocenters. The number of anilines is 1. The first-order valence-electron chi connectivity index (χ1n) is 8.22. The molecule has 124 valence electrons. The van der Waals surface area contributed by atoms with Crippen LogP contribution in [0.5, 0.6) is 0 Å². The number of nitrogens with zero attached hydrogens (tertiary/aromatic N) is 4.